The van der Waals surface area contributed by atoms with Gasteiger partial charge in [0.25, 0.3) is 11.5 Å². The summed E-state index contributed by atoms with van der Waals surface area (Å²) in [6, 6.07) is 40.8. The quantitative estimate of drug-likeness (QED) is 0.0810. The summed E-state index contributed by atoms with van der Waals surface area (Å²) >= 11 is 7.73. The Kier molecular flexibility index (Phi) is 14.3. The number of rotatable bonds is 19. The number of benzene rings is 5. The number of thiazole rings is 1. The van der Waals surface area contributed by atoms with Crippen molar-refractivity contribution < 1.29 is 14.7 Å². The molecule has 0 saturated carbocycles. The van der Waals surface area contributed by atoms with Gasteiger partial charge in [0.05, 0.1) is 4.53 Å². The van der Waals surface area contributed by atoms with Crippen LogP contribution in [0.15, 0.2) is 114 Å². The maximum atomic E-state index is 14.0. The highest BCUT2D eigenvalue weighted by Crippen LogP contribution is 2.57. The maximum Gasteiger partial charge on any atom is 0.323 e. The van der Waals surface area contributed by atoms with E-state index in [-0.39, 0.29) is 21.6 Å². The molecule has 1 aliphatic heterocycles. The van der Waals surface area contributed by atoms with Crippen molar-refractivity contribution in [3.05, 3.63) is 157 Å². The van der Waals surface area contributed by atoms with E-state index < -0.39 is 18.1 Å². The summed E-state index contributed by atoms with van der Waals surface area (Å²) in [5, 5.41) is 9.84. The van der Waals surface area contributed by atoms with E-state index in [0.29, 0.717) is 20.1 Å². The maximum absolute atomic E-state index is 14.0. The molecule has 1 fully saturated rings. The molecule has 0 radical (unpaired) electrons. The third kappa shape index (κ3) is 8.65. The van der Waals surface area contributed by atoms with Crippen molar-refractivity contribution in [1.29, 1.82) is 0 Å². The summed E-state index contributed by atoms with van der Waals surface area (Å²) in [6.07, 6.45) is 15.4. The number of nitrogens with zero attached hydrogens (tertiary/aromatic N) is 3. The SMILES string of the molecule is CCCCC1(CCCC)c2ccccc2-c2ccc(N(c3ccc(C=c4sc(=C5SC(=S)N(CC)C5=O)n(CC(=O)O)c4=O)cc3)c3ccc4c(c3)C(CCCC)(CCCC)c3ccccc3-4)cc21. The Labute approximate surface area is 420 Å². The number of carbonyl (C=O) groups is 2. The molecule has 5 aromatic carbocycles. The van der Waals surface area contributed by atoms with Crippen molar-refractivity contribution in [2.75, 3.05) is 11.4 Å². The first-order chi connectivity index (χ1) is 33.5. The number of aliphatic carboxylic acids is 1. The second-order valence-corrected chi connectivity index (χ2v) is 21.7. The number of carbonyl (C=O) groups excluding carboxylic acids is 1. The Morgan fingerprint density at radius 1 is 0.638 bits per heavy atom. The Morgan fingerprint density at radius 2 is 1.10 bits per heavy atom. The molecule has 69 heavy (non-hydrogen) atoms. The first-order valence-corrected chi connectivity index (χ1v) is 27.2. The third-order valence-corrected chi connectivity index (χ3v) is 17.6. The smallest absolute Gasteiger partial charge is 0.323 e. The van der Waals surface area contributed by atoms with E-state index in [0.717, 1.165) is 123 Å². The summed E-state index contributed by atoms with van der Waals surface area (Å²) < 4.78 is 2.24. The monoisotopic (exact) mass is 973 g/mol. The number of hydrogen-bond acceptors (Lipinski definition) is 7. The van der Waals surface area contributed by atoms with Gasteiger partial charge >= 0.3 is 5.97 Å². The molecule has 1 saturated heterocycles. The predicted molar refractivity (Wildman–Crippen MR) is 292 cm³/mol. The number of carboxylic acid groups (broad SMARTS) is 1. The zero-order valence-electron chi connectivity index (χ0n) is 40.6. The lowest BCUT2D eigenvalue weighted by Crippen LogP contribution is -2.35. The van der Waals surface area contributed by atoms with Crippen LogP contribution in [0.4, 0.5) is 17.1 Å². The van der Waals surface area contributed by atoms with Crippen LogP contribution in [0.3, 0.4) is 0 Å². The summed E-state index contributed by atoms with van der Waals surface area (Å²) in [4.78, 5) is 43.6. The molecule has 0 unspecified atom stereocenters. The van der Waals surface area contributed by atoms with Crippen molar-refractivity contribution in [2.24, 2.45) is 0 Å². The molecule has 10 heteroatoms. The third-order valence-electron chi connectivity index (χ3n) is 14.9. The molecule has 0 spiro atoms. The van der Waals surface area contributed by atoms with E-state index in [1.165, 1.54) is 54.0 Å². The molecule has 0 bridgehead atoms. The molecule has 1 aromatic heterocycles. The fourth-order valence-electron chi connectivity index (χ4n) is 11.5. The van der Waals surface area contributed by atoms with Crippen LogP contribution in [-0.4, -0.2) is 37.3 Å². The number of aromatic nitrogens is 1. The van der Waals surface area contributed by atoms with Crippen LogP contribution in [0.2, 0.25) is 0 Å². The van der Waals surface area contributed by atoms with E-state index in [4.69, 9.17) is 12.2 Å². The molecule has 1 N–H and O–H groups in total. The van der Waals surface area contributed by atoms with Gasteiger partial charge in [-0.15, -0.1) is 11.3 Å². The van der Waals surface area contributed by atoms with E-state index in [1.807, 2.05) is 19.1 Å². The number of carboxylic acids is 1. The lowest BCUT2D eigenvalue weighted by atomic mass is 9.70. The summed E-state index contributed by atoms with van der Waals surface area (Å²) in [7, 11) is 0. The molecular weight excluding hydrogens is 911 g/mol. The topological polar surface area (TPSA) is 82.8 Å². The molecular formula is C59H63N3O4S3. The Bertz CT molecular complexity index is 3000. The van der Waals surface area contributed by atoms with Crippen LogP contribution < -0.4 is 19.7 Å². The number of thiocarbonyl (C=S) groups is 1. The Hall–Kier alpha value is -5.55. The van der Waals surface area contributed by atoms with Crippen LogP contribution in [0.1, 0.15) is 139 Å². The largest absolute Gasteiger partial charge is 0.480 e. The molecule has 356 valence electrons. The van der Waals surface area contributed by atoms with Crippen LogP contribution in [0.5, 0.6) is 0 Å². The second-order valence-electron chi connectivity index (χ2n) is 19.0. The van der Waals surface area contributed by atoms with Crippen molar-refractivity contribution in [1.82, 2.24) is 9.47 Å². The first kappa shape index (κ1) is 48.5. The summed E-state index contributed by atoms with van der Waals surface area (Å²) in [5.74, 6) is -1.47. The number of amides is 1. The van der Waals surface area contributed by atoms with E-state index in [2.05, 4.69) is 130 Å². The lowest BCUT2D eigenvalue weighted by Gasteiger charge is -2.35. The minimum atomic E-state index is -1.16. The van der Waals surface area contributed by atoms with E-state index >= 15 is 0 Å². The van der Waals surface area contributed by atoms with Crippen LogP contribution >= 0.6 is 35.3 Å². The lowest BCUT2D eigenvalue weighted by molar-refractivity contribution is -0.137. The zero-order valence-corrected chi connectivity index (χ0v) is 43.1. The number of thioether (sulfide) groups is 1. The van der Waals surface area contributed by atoms with Gasteiger partial charge in [0.1, 0.15) is 20.4 Å². The van der Waals surface area contributed by atoms with E-state index in [9.17, 15) is 19.5 Å². The Balaban J connectivity index is 1.22. The van der Waals surface area contributed by atoms with Gasteiger partial charge in [-0.2, -0.15) is 0 Å². The molecule has 1 amide bonds. The molecule has 2 heterocycles. The highest BCUT2D eigenvalue weighted by molar-refractivity contribution is 8.30. The fraction of sp³-hybridized carbons (Fsp3) is 0.356. The number of unbranched alkanes of at least 4 members (excludes halogenated alkanes) is 4. The zero-order chi connectivity index (χ0) is 48.5. The molecule has 2 aliphatic carbocycles. The average Bonchev–Trinajstić information content (AvgIpc) is 4.02. The highest BCUT2D eigenvalue weighted by Gasteiger charge is 2.44. The fourth-order valence-corrected chi connectivity index (χ4v) is 14.1. The van der Waals surface area contributed by atoms with Gasteiger partial charge in [-0.05, 0) is 125 Å². The van der Waals surface area contributed by atoms with Gasteiger partial charge in [0, 0.05) is 34.4 Å². The predicted octanol–water partition coefficient (Wildman–Crippen LogP) is 13.6. The van der Waals surface area contributed by atoms with Gasteiger partial charge in [0.2, 0.25) is 0 Å². The molecule has 0 atom stereocenters. The summed E-state index contributed by atoms with van der Waals surface area (Å²) in [6.45, 7) is 10.9. The van der Waals surface area contributed by atoms with Crippen molar-refractivity contribution in [2.45, 2.75) is 129 Å². The van der Waals surface area contributed by atoms with Crippen LogP contribution in [0.25, 0.3) is 33.2 Å². The van der Waals surface area contributed by atoms with Gasteiger partial charge < -0.3 is 10.0 Å². The number of anilines is 3. The molecule has 3 aliphatic rings. The van der Waals surface area contributed by atoms with Crippen molar-refractivity contribution in [3.8, 4) is 22.3 Å². The Morgan fingerprint density at radius 3 is 1.55 bits per heavy atom. The number of fused-ring (bicyclic) bond motifs is 6. The second kappa shape index (κ2) is 20.4. The van der Waals surface area contributed by atoms with Gasteiger partial charge in [-0.25, -0.2) is 0 Å². The van der Waals surface area contributed by atoms with Crippen molar-refractivity contribution >= 4 is 79.6 Å². The van der Waals surface area contributed by atoms with Crippen molar-refractivity contribution in [3.63, 3.8) is 0 Å². The average molecular weight is 974 g/mol. The van der Waals surface area contributed by atoms with Gasteiger partial charge in [0.15, 0.2) is 0 Å². The van der Waals surface area contributed by atoms with Crippen LogP contribution in [-0.2, 0) is 27.0 Å². The van der Waals surface area contributed by atoms with Gasteiger partial charge in [-0.1, -0.05) is 176 Å². The minimum Gasteiger partial charge on any atom is -0.480 e. The molecule has 7 nitrogen and oxygen atoms in total. The minimum absolute atomic E-state index is 0.0831. The summed E-state index contributed by atoms with van der Waals surface area (Å²) in [5.41, 5.74) is 14.5. The standard InChI is InChI=1S/C59H63N3O4S3/c1-6-11-31-58(32-12-7-2)47-21-17-15-19-43(47)45-29-27-41(36-49(45)58)62(42-28-30-46-44-20-16-18-22-48(44)59(33-13-8-3,34-14-9-4)50(46)37-42)40-25-23-39(24-26-40)35-51-54(65)61(38-52(63)64)56(68-51)53-55(66)60(10-5)57(67)69-53/h15-30,35-37H,6-14,31-34,38H2,1-5H3,(H,63,64). The van der Waals surface area contributed by atoms with Gasteiger partial charge in [-0.3, -0.25) is 23.9 Å². The number of hydrogen-bond donors (Lipinski definition) is 1. The van der Waals surface area contributed by atoms with E-state index in [1.54, 1.807) is 6.08 Å². The molecule has 6 aromatic rings. The highest BCUT2D eigenvalue weighted by atomic mass is 32.2. The van der Waals surface area contributed by atoms with Crippen LogP contribution in [0, 0.1) is 0 Å². The molecule has 9 rings (SSSR count). The first-order valence-electron chi connectivity index (χ1n) is 25.1. The normalized spacial score (nSPS) is 16.2.